The van der Waals surface area contributed by atoms with E-state index in [-0.39, 0.29) is 29.8 Å². The fraction of sp³-hybridized carbons (Fsp3) is 0.368. The van der Waals surface area contributed by atoms with Crippen LogP contribution in [-0.2, 0) is 19.1 Å². The maximum absolute atomic E-state index is 13.7. The fourth-order valence-electron chi connectivity index (χ4n) is 2.74. The van der Waals surface area contributed by atoms with Gasteiger partial charge in [0, 0.05) is 37.7 Å². The second-order valence-electron chi connectivity index (χ2n) is 7.23. The minimum absolute atomic E-state index is 0. The van der Waals surface area contributed by atoms with Gasteiger partial charge in [-0.05, 0) is 38.5 Å². The molecule has 7 heteroatoms. The van der Waals surface area contributed by atoms with Crippen molar-refractivity contribution in [2.45, 2.75) is 38.9 Å². The Bertz CT molecular complexity index is 849. The fourth-order valence-corrected chi connectivity index (χ4v) is 2.74. The number of imidazole rings is 1. The van der Waals surface area contributed by atoms with Gasteiger partial charge in [-0.2, -0.15) is 5.10 Å². The van der Waals surface area contributed by atoms with Crippen LogP contribution in [0.15, 0.2) is 49.1 Å². The van der Waals surface area contributed by atoms with Crippen molar-refractivity contribution in [2.24, 2.45) is 7.05 Å². The van der Waals surface area contributed by atoms with Gasteiger partial charge in [0.25, 0.3) is 0 Å². The highest BCUT2D eigenvalue weighted by Gasteiger charge is 2.19. The first kappa shape index (κ1) is 20.1. The third-order valence-electron chi connectivity index (χ3n) is 4.13. The zero-order chi connectivity index (χ0) is 18.0. The molecule has 1 aromatic carbocycles. The molecule has 140 valence electrons. The van der Waals surface area contributed by atoms with E-state index in [1.54, 1.807) is 18.3 Å². The lowest BCUT2D eigenvalue weighted by Gasteiger charge is -2.20. The predicted molar refractivity (Wildman–Crippen MR) is 103 cm³/mol. The summed E-state index contributed by atoms with van der Waals surface area (Å²) < 4.78 is 17.6. The van der Waals surface area contributed by atoms with E-state index in [9.17, 15) is 4.39 Å². The Labute approximate surface area is 159 Å². The van der Waals surface area contributed by atoms with Gasteiger partial charge in [0.15, 0.2) is 0 Å². The van der Waals surface area contributed by atoms with Crippen molar-refractivity contribution in [3.63, 3.8) is 0 Å². The quantitative estimate of drug-likeness (QED) is 0.735. The first-order chi connectivity index (χ1) is 11.8. The smallest absolute Gasteiger partial charge is 0.130 e. The lowest BCUT2D eigenvalue weighted by atomic mass is 10.1. The lowest BCUT2D eigenvalue weighted by Crippen LogP contribution is -2.25. The number of benzene rings is 1. The SMILES string of the molecule is Cl.Cn1ccnc1C(NCc1cnn(C(C)(C)C)c1)c1cccc(F)c1. The highest BCUT2D eigenvalue weighted by molar-refractivity contribution is 5.85. The van der Waals surface area contributed by atoms with Gasteiger partial charge in [-0.3, -0.25) is 10.00 Å². The molecular weight excluding hydrogens is 353 g/mol. The van der Waals surface area contributed by atoms with Crippen molar-refractivity contribution in [3.8, 4) is 0 Å². The molecule has 0 radical (unpaired) electrons. The average Bonchev–Trinajstić information content (AvgIpc) is 3.17. The molecule has 0 aliphatic carbocycles. The predicted octanol–water partition coefficient (Wildman–Crippen LogP) is 3.81. The van der Waals surface area contributed by atoms with Crippen LogP contribution in [-0.4, -0.2) is 19.3 Å². The largest absolute Gasteiger partial charge is 0.336 e. The molecule has 5 nitrogen and oxygen atoms in total. The summed E-state index contributed by atoms with van der Waals surface area (Å²) in [4.78, 5) is 4.44. The molecule has 1 N–H and O–H groups in total. The Kier molecular flexibility index (Phi) is 6.21. The van der Waals surface area contributed by atoms with Crippen molar-refractivity contribution in [1.29, 1.82) is 0 Å². The molecule has 3 aromatic rings. The maximum atomic E-state index is 13.7. The Morgan fingerprint density at radius 1 is 1.27 bits per heavy atom. The highest BCUT2D eigenvalue weighted by Crippen LogP contribution is 2.22. The van der Waals surface area contributed by atoms with E-state index in [0.29, 0.717) is 6.54 Å². The van der Waals surface area contributed by atoms with E-state index >= 15 is 0 Å². The Morgan fingerprint density at radius 2 is 2.04 bits per heavy atom. The molecule has 1 unspecified atom stereocenters. The maximum Gasteiger partial charge on any atom is 0.130 e. The summed E-state index contributed by atoms with van der Waals surface area (Å²) in [5.41, 5.74) is 1.86. The Balaban J connectivity index is 0.00000243. The van der Waals surface area contributed by atoms with Crippen LogP contribution >= 0.6 is 12.4 Å². The second-order valence-corrected chi connectivity index (χ2v) is 7.23. The number of nitrogens with zero attached hydrogens (tertiary/aromatic N) is 4. The van der Waals surface area contributed by atoms with Gasteiger partial charge in [-0.1, -0.05) is 12.1 Å². The van der Waals surface area contributed by atoms with Crippen LogP contribution in [0.1, 0.15) is 43.8 Å². The molecule has 2 heterocycles. The summed E-state index contributed by atoms with van der Waals surface area (Å²) in [6.07, 6.45) is 7.54. The third-order valence-corrected chi connectivity index (χ3v) is 4.13. The van der Waals surface area contributed by atoms with Gasteiger partial charge in [-0.25, -0.2) is 9.37 Å². The molecule has 0 bridgehead atoms. The van der Waals surface area contributed by atoms with Crippen LogP contribution in [0.25, 0.3) is 0 Å². The van der Waals surface area contributed by atoms with E-state index in [1.807, 2.05) is 41.0 Å². The van der Waals surface area contributed by atoms with Crippen LogP contribution in [0.5, 0.6) is 0 Å². The first-order valence-corrected chi connectivity index (χ1v) is 8.34. The molecule has 1 atom stereocenters. The molecule has 0 aliphatic heterocycles. The molecule has 0 amide bonds. The molecule has 0 saturated heterocycles. The van der Waals surface area contributed by atoms with E-state index in [1.165, 1.54) is 6.07 Å². The van der Waals surface area contributed by atoms with Crippen molar-refractivity contribution in [1.82, 2.24) is 24.6 Å². The number of aryl methyl sites for hydroxylation is 1. The molecule has 26 heavy (non-hydrogen) atoms. The number of rotatable bonds is 5. The van der Waals surface area contributed by atoms with Crippen LogP contribution in [0.2, 0.25) is 0 Å². The van der Waals surface area contributed by atoms with Gasteiger partial charge in [-0.15, -0.1) is 12.4 Å². The Morgan fingerprint density at radius 3 is 2.62 bits per heavy atom. The summed E-state index contributed by atoms with van der Waals surface area (Å²) in [5, 5.41) is 7.91. The standard InChI is InChI=1S/C19H24FN5.ClH/c1-19(2,3)25-13-14(12-23-25)11-22-17(18-21-8-9-24(18)4)15-6-5-7-16(20)10-15;/h5-10,12-13,17,22H,11H2,1-4H3;1H. The first-order valence-electron chi connectivity index (χ1n) is 8.34. The van der Waals surface area contributed by atoms with Crippen LogP contribution in [0, 0.1) is 5.82 Å². The number of hydrogen-bond donors (Lipinski definition) is 1. The number of nitrogens with one attached hydrogen (secondary N) is 1. The van der Waals surface area contributed by atoms with Gasteiger partial charge in [0.2, 0.25) is 0 Å². The van der Waals surface area contributed by atoms with E-state index in [0.717, 1.165) is 17.0 Å². The number of halogens is 2. The van der Waals surface area contributed by atoms with E-state index in [4.69, 9.17) is 0 Å². The second kappa shape index (κ2) is 8.01. The normalized spacial score (nSPS) is 12.7. The van der Waals surface area contributed by atoms with Gasteiger partial charge in [0.05, 0.1) is 17.8 Å². The highest BCUT2D eigenvalue weighted by atomic mass is 35.5. The lowest BCUT2D eigenvalue weighted by molar-refractivity contribution is 0.355. The number of hydrogen-bond acceptors (Lipinski definition) is 3. The third kappa shape index (κ3) is 4.51. The van der Waals surface area contributed by atoms with Crippen LogP contribution in [0.3, 0.4) is 0 Å². The molecule has 0 spiro atoms. The molecule has 0 saturated carbocycles. The summed E-state index contributed by atoms with van der Waals surface area (Å²) >= 11 is 0. The zero-order valence-corrected chi connectivity index (χ0v) is 16.3. The summed E-state index contributed by atoms with van der Waals surface area (Å²) in [6.45, 7) is 6.95. The van der Waals surface area contributed by atoms with Crippen LogP contribution in [0.4, 0.5) is 4.39 Å². The summed E-state index contributed by atoms with van der Waals surface area (Å²) in [7, 11) is 1.94. The minimum Gasteiger partial charge on any atom is -0.336 e. The molecular formula is C19H25ClFN5. The van der Waals surface area contributed by atoms with Gasteiger partial charge >= 0.3 is 0 Å². The van der Waals surface area contributed by atoms with Gasteiger partial charge < -0.3 is 4.57 Å². The monoisotopic (exact) mass is 377 g/mol. The van der Waals surface area contributed by atoms with Crippen molar-refractivity contribution >= 4 is 12.4 Å². The molecule has 0 fully saturated rings. The van der Waals surface area contributed by atoms with Crippen molar-refractivity contribution in [3.05, 3.63) is 71.8 Å². The minimum atomic E-state index is -0.251. The number of aromatic nitrogens is 4. The molecule has 3 rings (SSSR count). The average molecular weight is 378 g/mol. The topological polar surface area (TPSA) is 47.7 Å². The van der Waals surface area contributed by atoms with Crippen molar-refractivity contribution < 1.29 is 4.39 Å². The molecule has 0 aliphatic rings. The molecule has 2 aromatic heterocycles. The Hall–Kier alpha value is -2.18. The van der Waals surface area contributed by atoms with Crippen molar-refractivity contribution in [2.75, 3.05) is 0 Å². The van der Waals surface area contributed by atoms with E-state index < -0.39 is 0 Å². The zero-order valence-electron chi connectivity index (χ0n) is 15.5. The van der Waals surface area contributed by atoms with Gasteiger partial charge in [0.1, 0.15) is 11.6 Å². The summed E-state index contributed by atoms with van der Waals surface area (Å²) in [6, 6.07) is 6.43. The summed E-state index contributed by atoms with van der Waals surface area (Å²) in [5.74, 6) is 0.591. The van der Waals surface area contributed by atoms with E-state index in [2.05, 4.69) is 36.2 Å². The van der Waals surface area contributed by atoms with Crippen LogP contribution < -0.4 is 5.32 Å².